The third-order valence-corrected chi connectivity index (χ3v) is 13.9. The van der Waals surface area contributed by atoms with E-state index in [0.717, 1.165) is 17.1 Å². The summed E-state index contributed by atoms with van der Waals surface area (Å²) in [5, 5.41) is 7.63. The minimum atomic E-state index is 0.0612. The van der Waals surface area contributed by atoms with E-state index in [1.165, 1.54) is 98.5 Å². The van der Waals surface area contributed by atoms with Gasteiger partial charge in [0.05, 0.1) is 22.1 Å². The predicted octanol–water partition coefficient (Wildman–Crippen LogP) is 10.2. The molecule has 3 nitrogen and oxygen atoms in total. The molecule has 0 spiro atoms. The Labute approximate surface area is 365 Å². The molecule has 5 heteroatoms. The number of anilines is 3. The zero-order valence-corrected chi connectivity index (χ0v) is 34.4. The predicted molar refractivity (Wildman–Crippen MR) is 270 cm³/mol. The number of para-hydroxylation sites is 3. The van der Waals surface area contributed by atoms with Gasteiger partial charge in [-0.1, -0.05) is 174 Å². The Kier molecular flexibility index (Phi) is 7.29. The molecule has 10 aromatic carbocycles. The van der Waals surface area contributed by atoms with Gasteiger partial charge in [-0.05, 0) is 93.9 Å². The molecule has 290 valence electrons. The van der Waals surface area contributed by atoms with Crippen molar-refractivity contribution in [3.63, 3.8) is 0 Å². The van der Waals surface area contributed by atoms with E-state index in [-0.39, 0.29) is 13.4 Å². The molecule has 0 unspecified atom stereocenters. The number of rotatable bonds is 6. The van der Waals surface area contributed by atoms with Gasteiger partial charge in [0.15, 0.2) is 0 Å². The highest BCUT2D eigenvalue weighted by Gasteiger charge is 2.41. The first kappa shape index (κ1) is 34.7. The maximum Gasteiger partial charge on any atom is 0.252 e. The Balaban J connectivity index is 1.13. The topological polar surface area (TPSA) is 13.1 Å². The molecule has 0 N–H and O–H groups in total. The maximum atomic E-state index is 2.60. The second-order valence-electron chi connectivity index (χ2n) is 17.2. The number of hydrogen-bond acceptors (Lipinski definition) is 1. The van der Waals surface area contributed by atoms with Crippen LogP contribution >= 0.6 is 0 Å². The van der Waals surface area contributed by atoms with E-state index < -0.39 is 0 Å². The van der Waals surface area contributed by atoms with E-state index >= 15 is 0 Å². The Morgan fingerprint density at radius 2 is 0.873 bits per heavy atom. The summed E-state index contributed by atoms with van der Waals surface area (Å²) in [7, 11) is 0. The maximum absolute atomic E-state index is 2.60. The van der Waals surface area contributed by atoms with Crippen LogP contribution in [0.2, 0.25) is 0 Å². The van der Waals surface area contributed by atoms with Gasteiger partial charge >= 0.3 is 0 Å². The molecule has 0 saturated carbocycles. The molecule has 14 rings (SSSR count). The Morgan fingerprint density at radius 1 is 0.349 bits per heavy atom. The van der Waals surface area contributed by atoms with Crippen LogP contribution in [0.15, 0.2) is 224 Å². The summed E-state index contributed by atoms with van der Waals surface area (Å²) in [5.74, 6) is 0. The minimum absolute atomic E-state index is 0.0612. The highest BCUT2D eigenvalue weighted by atomic mass is 15.1. The fraction of sp³-hybridized carbons (Fsp3) is 0. The highest BCUT2D eigenvalue weighted by Crippen LogP contribution is 2.44. The van der Waals surface area contributed by atoms with Gasteiger partial charge in [0.25, 0.3) is 6.71 Å². The molecule has 0 radical (unpaired) electrons. The van der Waals surface area contributed by atoms with Crippen LogP contribution in [0.3, 0.4) is 0 Å². The van der Waals surface area contributed by atoms with Crippen molar-refractivity contribution in [2.24, 2.45) is 0 Å². The highest BCUT2D eigenvalue weighted by molar-refractivity contribution is 7.00. The Morgan fingerprint density at radius 3 is 1.52 bits per heavy atom. The van der Waals surface area contributed by atoms with E-state index in [1.54, 1.807) is 0 Å². The van der Waals surface area contributed by atoms with E-state index in [2.05, 4.69) is 238 Å². The van der Waals surface area contributed by atoms with Gasteiger partial charge in [-0.2, -0.15) is 0 Å². The molecule has 2 aliphatic rings. The molecule has 2 aliphatic heterocycles. The number of benzene rings is 10. The lowest BCUT2D eigenvalue weighted by Gasteiger charge is -2.33. The summed E-state index contributed by atoms with van der Waals surface area (Å²) < 4.78 is 5.18. The van der Waals surface area contributed by atoms with Crippen molar-refractivity contribution in [3.8, 4) is 11.4 Å². The first-order valence-electron chi connectivity index (χ1n) is 22.0. The smallest absolute Gasteiger partial charge is 0.252 e. The van der Waals surface area contributed by atoms with Gasteiger partial charge < -0.3 is 14.0 Å². The first-order valence-corrected chi connectivity index (χ1v) is 22.0. The summed E-state index contributed by atoms with van der Waals surface area (Å²) >= 11 is 0. The van der Waals surface area contributed by atoms with Gasteiger partial charge in [0, 0.05) is 50.0 Å². The number of hydrogen-bond donors (Lipinski definition) is 0. The van der Waals surface area contributed by atoms with Gasteiger partial charge in [0.1, 0.15) is 0 Å². The third kappa shape index (κ3) is 4.93. The lowest BCUT2D eigenvalue weighted by atomic mass is 9.34. The van der Waals surface area contributed by atoms with Crippen molar-refractivity contribution >= 4 is 118 Å². The van der Waals surface area contributed by atoms with Crippen molar-refractivity contribution in [1.82, 2.24) is 9.13 Å². The fourth-order valence-electron chi connectivity index (χ4n) is 11.4. The molecular formula is C58H37B2N3. The summed E-state index contributed by atoms with van der Waals surface area (Å²) in [4.78, 5) is 2.39. The number of nitrogens with zero attached hydrogens (tertiary/aromatic N) is 3. The molecular weight excluding hydrogens is 760 g/mol. The summed E-state index contributed by atoms with van der Waals surface area (Å²) in [6.07, 6.45) is 0. The van der Waals surface area contributed by atoms with Gasteiger partial charge in [0.2, 0.25) is 6.71 Å². The van der Waals surface area contributed by atoms with Crippen LogP contribution in [0, 0.1) is 0 Å². The normalized spacial score (nSPS) is 12.4. The zero-order chi connectivity index (χ0) is 41.2. The van der Waals surface area contributed by atoms with Crippen molar-refractivity contribution in [3.05, 3.63) is 224 Å². The second-order valence-corrected chi connectivity index (χ2v) is 17.2. The summed E-state index contributed by atoms with van der Waals surface area (Å²) in [6.45, 7) is 0.153. The molecule has 12 aromatic rings. The van der Waals surface area contributed by atoms with E-state index in [0.29, 0.717) is 0 Å². The monoisotopic (exact) mass is 797 g/mol. The lowest BCUT2D eigenvalue weighted by Crippen LogP contribution is -2.59. The molecule has 0 amide bonds. The van der Waals surface area contributed by atoms with Crippen LogP contribution < -0.4 is 37.7 Å². The first-order chi connectivity index (χ1) is 31.3. The molecule has 4 heterocycles. The Bertz CT molecular complexity index is 3720. The average Bonchev–Trinajstić information content (AvgIpc) is 3.86. The van der Waals surface area contributed by atoms with Crippen LogP contribution in [-0.4, -0.2) is 22.6 Å². The number of aromatic nitrogens is 2. The van der Waals surface area contributed by atoms with Gasteiger partial charge in [-0.15, -0.1) is 0 Å². The van der Waals surface area contributed by atoms with Crippen LogP contribution in [-0.2, 0) is 0 Å². The van der Waals surface area contributed by atoms with Crippen LogP contribution in [0.5, 0.6) is 0 Å². The molecule has 0 bridgehead atoms. The van der Waals surface area contributed by atoms with E-state index in [1.807, 2.05) is 0 Å². The molecule has 63 heavy (non-hydrogen) atoms. The lowest BCUT2D eigenvalue weighted by molar-refractivity contribution is 1.17. The van der Waals surface area contributed by atoms with Crippen molar-refractivity contribution < 1.29 is 0 Å². The van der Waals surface area contributed by atoms with E-state index in [4.69, 9.17) is 0 Å². The molecule has 0 aliphatic carbocycles. The number of fused-ring (bicyclic) bond motifs is 13. The van der Waals surface area contributed by atoms with Crippen molar-refractivity contribution in [2.75, 3.05) is 4.90 Å². The van der Waals surface area contributed by atoms with E-state index in [9.17, 15) is 0 Å². The fourth-order valence-corrected chi connectivity index (χ4v) is 11.4. The average molecular weight is 798 g/mol. The van der Waals surface area contributed by atoms with Crippen molar-refractivity contribution in [1.29, 1.82) is 0 Å². The minimum Gasteiger partial charge on any atom is -0.310 e. The van der Waals surface area contributed by atoms with Crippen LogP contribution in [0.4, 0.5) is 17.1 Å². The largest absolute Gasteiger partial charge is 0.310 e. The SMILES string of the molecule is c1ccc(B(c2ccccc2)c2ccc3c(c2)c2cc4c5cc(N(c6ccccc6)c6ccccc6)ccc5n5c4c4c2n3-c2ccccc2B4c2cc3ccccc3cc2-5)cc1. The van der Waals surface area contributed by atoms with Gasteiger partial charge in [-0.3, -0.25) is 0 Å². The molecule has 0 atom stereocenters. The van der Waals surface area contributed by atoms with Gasteiger partial charge in [-0.25, -0.2) is 0 Å². The summed E-state index contributed by atoms with van der Waals surface area (Å²) in [6, 6.07) is 83.4. The zero-order valence-electron chi connectivity index (χ0n) is 34.4. The Hall–Kier alpha value is -8.01. The molecule has 0 saturated heterocycles. The van der Waals surface area contributed by atoms with Crippen LogP contribution in [0.25, 0.3) is 65.8 Å². The third-order valence-electron chi connectivity index (χ3n) is 13.9. The standard InChI is InChI=1S/C58H37B2N3/c1-5-19-40(20-6-1)59(41-21-7-2-8-22-41)42-29-31-52-46(35-42)48-37-49-47-36-45(61(43-23-9-3-10-24-43)44-25-11-4-12-26-44)30-32-53(47)63-55-34-39-18-14-13-17-38(39)33-51(55)60-50-27-15-16-28-54(50)62(52)57(48)56(60)58(49)63/h1-37H. The van der Waals surface area contributed by atoms with Crippen LogP contribution in [0.1, 0.15) is 0 Å². The summed E-state index contributed by atoms with van der Waals surface area (Å²) in [5.41, 5.74) is 19.0. The van der Waals surface area contributed by atoms with Crippen molar-refractivity contribution in [2.45, 2.75) is 0 Å². The molecule has 2 aromatic heterocycles. The second kappa shape index (κ2) is 13.2. The quantitative estimate of drug-likeness (QED) is 0.153. The molecule has 0 fully saturated rings.